The van der Waals surface area contributed by atoms with Gasteiger partial charge in [-0.25, -0.2) is 0 Å². The highest BCUT2D eigenvalue weighted by atomic mass is 16.2. The van der Waals surface area contributed by atoms with Crippen molar-refractivity contribution in [3.8, 4) is 6.07 Å². The molecule has 108 valence electrons. The molecule has 1 fully saturated rings. The molecular formula is C16H28N2O. The quantitative estimate of drug-likeness (QED) is 0.756. The largest absolute Gasteiger partial charge is 0.336 e. The summed E-state index contributed by atoms with van der Waals surface area (Å²) in [5, 5.41) is 9.61. The molecule has 0 N–H and O–H groups in total. The van der Waals surface area contributed by atoms with Gasteiger partial charge in [0.1, 0.15) is 5.41 Å². The van der Waals surface area contributed by atoms with E-state index in [2.05, 4.69) is 33.8 Å². The Hall–Kier alpha value is -1.04. The van der Waals surface area contributed by atoms with Gasteiger partial charge in [0.25, 0.3) is 0 Å². The minimum Gasteiger partial charge on any atom is -0.336 e. The van der Waals surface area contributed by atoms with Gasteiger partial charge in [0.05, 0.1) is 6.07 Å². The van der Waals surface area contributed by atoms with Crippen LogP contribution in [0.25, 0.3) is 0 Å². The Kier molecular flexibility index (Phi) is 5.85. The van der Waals surface area contributed by atoms with E-state index in [9.17, 15) is 10.1 Å². The molecule has 0 bridgehead atoms. The topological polar surface area (TPSA) is 44.1 Å². The molecule has 19 heavy (non-hydrogen) atoms. The van der Waals surface area contributed by atoms with Crippen LogP contribution in [0.15, 0.2) is 0 Å². The van der Waals surface area contributed by atoms with Crippen LogP contribution in [-0.4, -0.2) is 22.9 Å². The number of likely N-dealkylation sites (tertiary alicyclic amines) is 1. The van der Waals surface area contributed by atoms with Gasteiger partial charge in [-0.2, -0.15) is 5.26 Å². The van der Waals surface area contributed by atoms with Crippen LogP contribution in [0.3, 0.4) is 0 Å². The Balaban J connectivity index is 3.01. The lowest BCUT2D eigenvalue weighted by Gasteiger charge is -2.43. The van der Waals surface area contributed by atoms with E-state index in [4.69, 9.17) is 0 Å². The summed E-state index contributed by atoms with van der Waals surface area (Å²) in [4.78, 5) is 15.0. The first kappa shape index (κ1) is 16.0. The van der Waals surface area contributed by atoms with Crippen LogP contribution in [0.1, 0.15) is 72.6 Å². The maximum atomic E-state index is 13.0. The Morgan fingerprint density at radius 1 is 1.21 bits per heavy atom. The van der Waals surface area contributed by atoms with Crippen molar-refractivity contribution < 1.29 is 4.79 Å². The van der Waals surface area contributed by atoms with Crippen LogP contribution in [-0.2, 0) is 4.79 Å². The molecule has 1 saturated heterocycles. The lowest BCUT2D eigenvalue weighted by Crippen LogP contribution is -2.53. The molecule has 3 nitrogen and oxygen atoms in total. The molecule has 0 aromatic heterocycles. The molecule has 0 aromatic carbocycles. The fourth-order valence-corrected chi connectivity index (χ4v) is 3.42. The highest BCUT2D eigenvalue weighted by Gasteiger charge is 2.43. The zero-order valence-electron chi connectivity index (χ0n) is 12.9. The monoisotopic (exact) mass is 264 g/mol. The summed E-state index contributed by atoms with van der Waals surface area (Å²) in [5.41, 5.74) is -0.788. The average Bonchev–Trinajstić information content (AvgIpc) is 2.38. The predicted molar refractivity (Wildman–Crippen MR) is 77.5 cm³/mol. The highest BCUT2D eigenvalue weighted by molar-refractivity contribution is 5.86. The van der Waals surface area contributed by atoms with Crippen molar-refractivity contribution in [1.82, 2.24) is 4.90 Å². The average molecular weight is 264 g/mol. The van der Waals surface area contributed by atoms with E-state index in [-0.39, 0.29) is 18.0 Å². The number of hydrogen-bond acceptors (Lipinski definition) is 2. The predicted octanol–water partition coefficient (Wildman–Crippen LogP) is 3.89. The number of carbonyl (C=O) groups excluding carboxylic acids is 1. The third-order valence-electron chi connectivity index (χ3n) is 4.40. The van der Waals surface area contributed by atoms with E-state index in [1.165, 1.54) is 6.42 Å². The van der Waals surface area contributed by atoms with Gasteiger partial charge in [-0.1, -0.05) is 26.7 Å². The first-order valence-electron chi connectivity index (χ1n) is 7.76. The summed E-state index contributed by atoms with van der Waals surface area (Å²) in [6.07, 6.45) is 6.46. The van der Waals surface area contributed by atoms with E-state index in [1.54, 1.807) is 0 Å². The normalized spacial score (nSPS) is 24.1. The Morgan fingerprint density at radius 2 is 1.68 bits per heavy atom. The fraction of sp³-hybridized carbons (Fsp3) is 0.875. The zero-order valence-corrected chi connectivity index (χ0v) is 12.9. The lowest BCUT2D eigenvalue weighted by atomic mass is 9.78. The summed E-state index contributed by atoms with van der Waals surface area (Å²) in [6, 6.07) is 2.92. The molecule has 1 aliphatic rings. The molecule has 1 aliphatic heterocycles. The molecule has 0 saturated carbocycles. The standard InChI is InChI=1S/C16H28N2O/c1-5-10-16(12-17,11-6-2)15(19)18-13(3)8-7-9-14(18)4/h13-14H,5-11H2,1-4H3/t13-,14+. The van der Waals surface area contributed by atoms with Gasteiger partial charge in [0, 0.05) is 12.1 Å². The van der Waals surface area contributed by atoms with Crippen molar-refractivity contribution in [1.29, 1.82) is 5.26 Å². The van der Waals surface area contributed by atoms with Crippen molar-refractivity contribution in [3.63, 3.8) is 0 Å². The number of amides is 1. The SMILES string of the molecule is CCCC(C#N)(CCC)C(=O)N1[C@H](C)CCC[C@@H]1C. The first-order valence-corrected chi connectivity index (χ1v) is 7.76. The van der Waals surface area contributed by atoms with Crippen molar-refractivity contribution in [3.05, 3.63) is 0 Å². The number of carbonyl (C=O) groups is 1. The fourth-order valence-electron chi connectivity index (χ4n) is 3.42. The number of rotatable bonds is 5. The second-order valence-corrected chi connectivity index (χ2v) is 6.04. The molecular weight excluding hydrogens is 236 g/mol. The van der Waals surface area contributed by atoms with Crippen LogP contribution in [0.4, 0.5) is 0 Å². The van der Waals surface area contributed by atoms with Crippen molar-refractivity contribution >= 4 is 5.91 Å². The van der Waals surface area contributed by atoms with Gasteiger partial charge >= 0.3 is 0 Å². The van der Waals surface area contributed by atoms with Gasteiger partial charge in [-0.15, -0.1) is 0 Å². The molecule has 1 heterocycles. The van der Waals surface area contributed by atoms with E-state index < -0.39 is 5.41 Å². The lowest BCUT2D eigenvalue weighted by molar-refractivity contribution is -0.146. The van der Waals surface area contributed by atoms with E-state index in [1.807, 2.05) is 4.90 Å². The van der Waals surface area contributed by atoms with Gasteiger partial charge in [-0.05, 0) is 46.0 Å². The highest BCUT2D eigenvalue weighted by Crippen LogP contribution is 2.35. The van der Waals surface area contributed by atoms with Crippen molar-refractivity contribution in [2.75, 3.05) is 0 Å². The Labute approximate surface area is 118 Å². The molecule has 1 rings (SSSR count). The molecule has 1 amide bonds. The molecule has 0 radical (unpaired) electrons. The van der Waals surface area contributed by atoms with Crippen LogP contribution in [0.5, 0.6) is 0 Å². The maximum absolute atomic E-state index is 13.0. The summed E-state index contributed by atoms with van der Waals surface area (Å²) in [6.45, 7) is 8.34. The summed E-state index contributed by atoms with van der Waals surface area (Å²) in [7, 11) is 0. The Bertz CT molecular complexity index is 329. The number of piperidine rings is 1. The first-order chi connectivity index (χ1) is 9.02. The van der Waals surface area contributed by atoms with Crippen LogP contribution in [0, 0.1) is 16.7 Å². The van der Waals surface area contributed by atoms with E-state index in [0.717, 1.165) is 25.7 Å². The van der Waals surface area contributed by atoms with E-state index >= 15 is 0 Å². The summed E-state index contributed by atoms with van der Waals surface area (Å²) in [5.74, 6) is 0.0819. The smallest absolute Gasteiger partial charge is 0.243 e. The number of nitrogens with zero attached hydrogens (tertiary/aromatic N) is 2. The van der Waals surface area contributed by atoms with Crippen molar-refractivity contribution in [2.45, 2.75) is 84.7 Å². The molecule has 0 aliphatic carbocycles. The number of hydrogen-bond donors (Lipinski definition) is 0. The molecule has 0 spiro atoms. The molecule has 0 aromatic rings. The summed E-state index contributed by atoms with van der Waals surface area (Å²) >= 11 is 0. The van der Waals surface area contributed by atoms with Crippen LogP contribution in [0.2, 0.25) is 0 Å². The second-order valence-electron chi connectivity index (χ2n) is 6.04. The third kappa shape index (κ3) is 3.29. The van der Waals surface area contributed by atoms with Gasteiger partial charge in [0.2, 0.25) is 5.91 Å². The minimum absolute atomic E-state index is 0.0819. The third-order valence-corrected chi connectivity index (χ3v) is 4.40. The summed E-state index contributed by atoms with van der Waals surface area (Å²) < 4.78 is 0. The second kappa shape index (κ2) is 6.93. The van der Waals surface area contributed by atoms with Gasteiger partial charge in [-0.3, -0.25) is 4.79 Å². The molecule has 3 heteroatoms. The van der Waals surface area contributed by atoms with Gasteiger partial charge < -0.3 is 4.90 Å². The molecule has 2 atom stereocenters. The van der Waals surface area contributed by atoms with Gasteiger partial charge in [0.15, 0.2) is 0 Å². The minimum atomic E-state index is -0.788. The Morgan fingerprint density at radius 3 is 2.05 bits per heavy atom. The maximum Gasteiger partial charge on any atom is 0.243 e. The van der Waals surface area contributed by atoms with Crippen LogP contribution < -0.4 is 0 Å². The zero-order chi connectivity index (χ0) is 14.5. The molecule has 0 unspecified atom stereocenters. The van der Waals surface area contributed by atoms with Crippen LogP contribution >= 0.6 is 0 Å². The van der Waals surface area contributed by atoms with E-state index in [0.29, 0.717) is 12.8 Å². The number of nitriles is 1. The van der Waals surface area contributed by atoms with Crippen molar-refractivity contribution in [2.24, 2.45) is 5.41 Å².